The van der Waals surface area contributed by atoms with Gasteiger partial charge in [0.05, 0.1) is 31.5 Å². The lowest BCUT2D eigenvalue weighted by molar-refractivity contribution is -0.105. The van der Waals surface area contributed by atoms with Gasteiger partial charge in [-0.2, -0.15) is 0 Å². The maximum absolute atomic E-state index is 8.75. The predicted octanol–water partition coefficient (Wildman–Crippen LogP) is 2.95. The molecule has 1 aliphatic rings. The van der Waals surface area contributed by atoms with E-state index in [0.717, 1.165) is 18.4 Å². The van der Waals surface area contributed by atoms with Crippen molar-refractivity contribution in [2.24, 2.45) is 0 Å². The summed E-state index contributed by atoms with van der Waals surface area (Å²) in [6.45, 7) is 4.93. The molecule has 3 nitrogen and oxygen atoms in total. The fourth-order valence-electron chi connectivity index (χ4n) is 2.45. The van der Waals surface area contributed by atoms with Gasteiger partial charge in [0.2, 0.25) is 0 Å². The highest BCUT2D eigenvalue weighted by Crippen LogP contribution is 2.24. The van der Waals surface area contributed by atoms with Gasteiger partial charge in [-0.3, -0.25) is 0 Å². The number of hydrogen-bond donors (Lipinski definition) is 1. The fraction of sp³-hybridized carbons (Fsp3) is 0.625. The van der Waals surface area contributed by atoms with Crippen molar-refractivity contribution in [3.05, 3.63) is 21.9 Å². The molecule has 1 aromatic heterocycles. The lowest BCUT2D eigenvalue weighted by Crippen LogP contribution is -2.33. The van der Waals surface area contributed by atoms with E-state index in [1.165, 1.54) is 4.88 Å². The number of rotatable bonds is 4. The van der Waals surface area contributed by atoms with Crippen LogP contribution in [0.25, 0.3) is 0 Å². The lowest BCUT2D eigenvalue weighted by atomic mass is 10.0. The largest absolute Gasteiger partial charge is 0.395 e. The van der Waals surface area contributed by atoms with E-state index in [2.05, 4.69) is 25.7 Å². The van der Waals surface area contributed by atoms with Crippen LogP contribution >= 0.6 is 11.3 Å². The topological polar surface area (TPSA) is 38.7 Å². The van der Waals surface area contributed by atoms with Gasteiger partial charge in [-0.1, -0.05) is 11.8 Å². The summed E-state index contributed by atoms with van der Waals surface area (Å²) in [5.74, 6) is 6.06. The minimum absolute atomic E-state index is 0.112. The van der Waals surface area contributed by atoms with Gasteiger partial charge in [0.15, 0.2) is 0 Å². The molecule has 110 valence electrons. The van der Waals surface area contributed by atoms with Crippen molar-refractivity contribution in [3.8, 4) is 11.8 Å². The van der Waals surface area contributed by atoms with Gasteiger partial charge in [-0.15, -0.1) is 11.3 Å². The first-order valence-electron chi connectivity index (χ1n) is 7.12. The Morgan fingerprint density at radius 1 is 1.40 bits per heavy atom. The lowest BCUT2D eigenvalue weighted by Gasteiger charge is -2.31. The molecule has 0 amide bonds. The first-order valence-corrected chi connectivity index (χ1v) is 8.00. The van der Waals surface area contributed by atoms with Crippen molar-refractivity contribution in [2.45, 2.75) is 58.0 Å². The normalized spacial score (nSPS) is 26.1. The Balaban J connectivity index is 1.88. The van der Waals surface area contributed by atoms with Gasteiger partial charge in [-0.05, 0) is 38.1 Å². The molecule has 1 fully saturated rings. The van der Waals surface area contributed by atoms with E-state index >= 15 is 0 Å². The van der Waals surface area contributed by atoms with Crippen LogP contribution < -0.4 is 0 Å². The van der Waals surface area contributed by atoms with E-state index < -0.39 is 0 Å². The maximum atomic E-state index is 8.75. The average molecular weight is 294 g/mol. The molecule has 2 unspecified atom stereocenters. The van der Waals surface area contributed by atoms with Gasteiger partial charge < -0.3 is 14.6 Å². The molecule has 1 aliphatic heterocycles. The summed E-state index contributed by atoms with van der Waals surface area (Å²) in [6, 6.07) is 2.02. The van der Waals surface area contributed by atoms with Crippen LogP contribution in [-0.2, 0) is 16.1 Å². The Bertz CT molecular complexity index is 462. The summed E-state index contributed by atoms with van der Waals surface area (Å²) in [5.41, 5.74) is 1.02. The van der Waals surface area contributed by atoms with Gasteiger partial charge >= 0.3 is 0 Å². The van der Waals surface area contributed by atoms with Crippen molar-refractivity contribution in [2.75, 3.05) is 6.61 Å². The van der Waals surface area contributed by atoms with Crippen LogP contribution in [0.4, 0.5) is 0 Å². The van der Waals surface area contributed by atoms with Crippen LogP contribution in [0.2, 0.25) is 0 Å². The molecule has 2 rings (SSSR count). The van der Waals surface area contributed by atoms with Crippen LogP contribution in [0.1, 0.15) is 43.6 Å². The molecule has 0 saturated carbocycles. The maximum Gasteiger partial charge on any atom is 0.0825 e. The molecule has 0 bridgehead atoms. The summed E-state index contributed by atoms with van der Waals surface area (Å²) in [7, 11) is 0. The molecular formula is C16H22O3S. The number of hydrogen-bond acceptors (Lipinski definition) is 4. The van der Waals surface area contributed by atoms with E-state index in [1.54, 1.807) is 11.3 Å². The summed E-state index contributed by atoms with van der Waals surface area (Å²) in [5, 5.41) is 10.8. The van der Waals surface area contributed by atoms with Crippen LogP contribution in [0.15, 0.2) is 11.4 Å². The number of ether oxygens (including phenoxy) is 2. The zero-order valence-electron chi connectivity index (χ0n) is 12.1. The second-order valence-corrected chi connectivity index (χ2v) is 6.20. The van der Waals surface area contributed by atoms with E-state index in [9.17, 15) is 0 Å². The second-order valence-electron chi connectivity index (χ2n) is 5.19. The Morgan fingerprint density at radius 2 is 2.15 bits per heavy atom. The minimum atomic E-state index is 0.112. The van der Waals surface area contributed by atoms with Crippen molar-refractivity contribution in [1.29, 1.82) is 0 Å². The van der Waals surface area contributed by atoms with Crippen molar-refractivity contribution in [3.63, 3.8) is 0 Å². The molecule has 1 N–H and O–H groups in total. The van der Waals surface area contributed by atoms with E-state index in [-0.39, 0.29) is 24.9 Å². The van der Waals surface area contributed by atoms with E-state index in [1.807, 2.05) is 11.4 Å². The first-order chi connectivity index (χ1) is 9.69. The standard InChI is InChI=1S/C16H22O3S/c1-12-9-15(10-13(2)19-12)18-11-16-14(6-8-20-16)5-3-4-7-17/h6,8,12-13,15,17H,4,7,9-11H2,1-2H3. The Labute approximate surface area is 124 Å². The molecule has 2 heterocycles. The van der Waals surface area contributed by atoms with Crippen molar-refractivity contribution < 1.29 is 14.6 Å². The highest BCUT2D eigenvalue weighted by atomic mass is 32.1. The number of thiophene rings is 1. The summed E-state index contributed by atoms with van der Waals surface area (Å²) in [6.07, 6.45) is 3.26. The third-order valence-corrected chi connectivity index (χ3v) is 4.20. The van der Waals surface area contributed by atoms with Crippen LogP contribution in [-0.4, -0.2) is 30.0 Å². The molecule has 0 radical (unpaired) electrons. The molecule has 1 saturated heterocycles. The third kappa shape index (κ3) is 4.60. The fourth-order valence-corrected chi connectivity index (χ4v) is 3.20. The van der Waals surface area contributed by atoms with Gasteiger partial charge in [0.1, 0.15) is 0 Å². The van der Waals surface area contributed by atoms with Gasteiger partial charge in [-0.25, -0.2) is 0 Å². The third-order valence-electron chi connectivity index (χ3n) is 3.31. The quantitative estimate of drug-likeness (QED) is 0.868. The molecule has 4 heteroatoms. The SMILES string of the molecule is CC1CC(OCc2sccc2C#CCCO)CC(C)O1. The molecular weight excluding hydrogens is 272 g/mol. The molecule has 0 spiro atoms. The highest BCUT2D eigenvalue weighted by Gasteiger charge is 2.25. The number of aliphatic hydroxyl groups is 1. The highest BCUT2D eigenvalue weighted by molar-refractivity contribution is 7.10. The van der Waals surface area contributed by atoms with E-state index in [0.29, 0.717) is 13.0 Å². The Morgan fingerprint density at radius 3 is 2.85 bits per heavy atom. The van der Waals surface area contributed by atoms with Crippen LogP contribution in [0.3, 0.4) is 0 Å². The number of aliphatic hydroxyl groups excluding tert-OH is 1. The zero-order chi connectivity index (χ0) is 14.4. The van der Waals surface area contributed by atoms with E-state index in [4.69, 9.17) is 14.6 Å². The molecule has 0 aliphatic carbocycles. The van der Waals surface area contributed by atoms with Crippen LogP contribution in [0.5, 0.6) is 0 Å². The summed E-state index contributed by atoms with van der Waals surface area (Å²) < 4.78 is 11.7. The summed E-state index contributed by atoms with van der Waals surface area (Å²) >= 11 is 1.68. The first kappa shape index (κ1) is 15.5. The van der Waals surface area contributed by atoms with Crippen molar-refractivity contribution in [1.82, 2.24) is 0 Å². The predicted molar refractivity (Wildman–Crippen MR) is 80.7 cm³/mol. The smallest absolute Gasteiger partial charge is 0.0825 e. The zero-order valence-corrected chi connectivity index (χ0v) is 12.9. The monoisotopic (exact) mass is 294 g/mol. The molecule has 1 aromatic rings. The minimum Gasteiger partial charge on any atom is -0.395 e. The molecule has 2 atom stereocenters. The van der Waals surface area contributed by atoms with Crippen molar-refractivity contribution >= 4 is 11.3 Å². The van der Waals surface area contributed by atoms with Gasteiger partial charge in [0, 0.05) is 16.9 Å². The molecule has 0 aromatic carbocycles. The van der Waals surface area contributed by atoms with Crippen LogP contribution in [0, 0.1) is 11.8 Å². The average Bonchev–Trinajstić information content (AvgIpc) is 2.83. The Kier molecular flexibility index (Phi) is 6.06. The second kappa shape index (κ2) is 7.80. The Hall–Kier alpha value is -0.860. The molecule has 20 heavy (non-hydrogen) atoms. The van der Waals surface area contributed by atoms with Gasteiger partial charge in [0.25, 0.3) is 0 Å². The summed E-state index contributed by atoms with van der Waals surface area (Å²) in [4.78, 5) is 1.17.